The maximum absolute atomic E-state index is 13.8. The molecule has 4 heterocycles. The first-order valence-corrected chi connectivity index (χ1v) is 12.4. The minimum atomic E-state index is -0.945. The van der Waals surface area contributed by atoms with Crippen molar-refractivity contribution in [2.75, 3.05) is 6.61 Å². The van der Waals surface area contributed by atoms with Crippen molar-refractivity contribution in [1.82, 2.24) is 24.8 Å². The van der Waals surface area contributed by atoms with Gasteiger partial charge in [-0.1, -0.05) is 42.5 Å². The lowest BCUT2D eigenvalue weighted by Gasteiger charge is -2.31. The third kappa shape index (κ3) is 4.25. The second-order valence-corrected chi connectivity index (χ2v) is 9.47. The van der Waals surface area contributed by atoms with Crippen molar-refractivity contribution >= 4 is 17.9 Å². The molecule has 0 spiro atoms. The van der Waals surface area contributed by atoms with Gasteiger partial charge in [-0.25, -0.2) is 4.98 Å². The smallest absolute Gasteiger partial charge is 0.275 e. The normalized spacial score (nSPS) is 23.1. The minimum Gasteiger partial charge on any atom is -0.396 e. The van der Waals surface area contributed by atoms with E-state index in [1.165, 1.54) is 23.5 Å². The van der Waals surface area contributed by atoms with Crippen LogP contribution in [0.3, 0.4) is 0 Å². The summed E-state index contributed by atoms with van der Waals surface area (Å²) in [7, 11) is 0. The molecular weight excluding hydrogens is 470 g/mol. The molecule has 1 aromatic carbocycles. The third-order valence-corrected chi connectivity index (χ3v) is 7.40. The van der Waals surface area contributed by atoms with Crippen LogP contribution in [-0.2, 0) is 11.3 Å². The highest BCUT2D eigenvalue weighted by Crippen LogP contribution is 2.49. The molecule has 3 aromatic rings. The van der Waals surface area contributed by atoms with Crippen LogP contribution in [0.2, 0.25) is 0 Å². The zero-order valence-electron chi connectivity index (χ0n) is 20.7. The minimum absolute atomic E-state index is 0.0973. The molecule has 1 fully saturated rings. The van der Waals surface area contributed by atoms with Gasteiger partial charge in [-0.3, -0.25) is 19.4 Å². The largest absolute Gasteiger partial charge is 0.396 e. The van der Waals surface area contributed by atoms with Crippen molar-refractivity contribution in [2.45, 2.75) is 38.5 Å². The summed E-state index contributed by atoms with van der Waals surface area (Å²) < 4.78 is 1.66. The van der Waals surface area contributed by atoms with E-state index in [2.05, 4.69) is 15.3 Å². The van der Waals surface area contributed by atoms with Crippen LogP contribution in [0.4, 0.5) is 0 Å². The lowest BCUT2D eigenvalue weighted by atomic mass is 9.88. The number of nitrogens with one attached hydrogen (secondary N) is 1. The number of nitrogens with zero attached hydrogens (tertiary/aromatic N) is 4. The Kier molecular flexibility index (Phi) is 6.71. The molecular formula is C28H29N5O4. The molecule has 190 valence electrons. The van der Waals surface area contributed by atoms with Gasteiger partial charge < -0.3 is 19.9 Å². The first kappa shape index (κ1) is 24.6. The highest BCUT2D eigenvalue weighted by molar-refractivity contribution is 5.97. The summed E-state index contributed by atoms with van der Waals surface area (Å²) in [5, 5.41) is 13.5. The van der Waals surface area contributed by atoms with E-state index >= 15 is 0 Å². The fraction of sp³-hybridized carbons (Fsp3) is 0.321. The molecule has 2 aromatic heterocycles. The zero-order chi connectivity index (χ0) is 26.1. The molecule has 0 radical (unpaired) electrons. The number of pyridine rings is 1. The Bertz CT molecular complexity index is 1390. The Labute approximate surface area is 214 Å². The molecule has 37 heavy (non-hydrogen) atoms. The van der Waals surface area contributed by atoms with E-state index in [1.54, 1.807) is 22.8 Å². The molecule has 0 aliphatic carbocycles. The molecule has 0 unspecified atom stereocenters. The number of rotatable bonds is 6. The van der Waals surface area contributed by atoms with Crippen molar-refractivity contribution in [2.24, 2.45) is 11.8 Å². The Morgan fingerprint density at radius 3 is 2.65 bits per heavy atom. The van der Waals surface area contributed by atoms with Crippen LogP contribution >= 0.6 is 0 Å². The molecule has 9 nitrogen and oxygen atoms in total. The van der Waals surface area contributed by atoms with Gasteiger partial charge >= 0.3 is 0 Å². The van der Waals surface area contributed by atoms with E-state index in [4.69, 9.17) is 0 Å². The van der Waals surface area contributed by atoms with Crippen LogP contribution in [0.1, 0.15) is 53.2 Å². The Morgan fingerprint density at radius 1 is 1.19 bits per heavy atom. The predicted octanol–water partition coefficient (Wildman–Crippen LogP) is 2.35. The number of hydrogen-bond donors (Lipinski definition) is 2. The summed E-state index contributed by atoms with van der Waals surface area (Å²) >= 11 is 0. The Hall–Kier alpha value is -4.11. The molecule has 2 N–H and O–H groups in total. The van der Waals surface area contributed by atoms with Crippen LogP contribution in [0, 0.1) is 11.8 Å². The molecule has 0 saturated carbocycles. The fourth-order valence-electron chi connectivity index (χ4n) is 5.70. The molecule has 2 aliphatic rings. The van der Waals surface area contributed by atoms with Gasteiger partial charge in [0.05, 0.1) is 18.3 Å². The molecule has 2 aliphatic heterocycles. The number of aliphatic hydroxyl groups excluding tert-OH is 1. The number of carbonyl (C=O) groups is 2. The quantitative estimate of drug-likeness (QED) is 0.538. The summed E-state index contributed by atoms with van der Waals surface area (Å²) in [6.45, 7) is 3.71. The molecule has 2 amide bonds. The standard InChI is InChI=1S/C28H29N5O4/c1-3-7-19-10-11-23-24-20(15-32(23)27(19)36)21(16-34)25(33(24)28(37)22-14-29-12-13-30-22)26(35)31-17(2)18-8-5-4-6-9-18/h3-14,17,20-21,24-25,34H,15-16H2,1-2H3,(H,31,35)/t17-,20-,21-,24+,25-/m1/s1. The van der Waals surface area contributed by atoms with Crippen molar-refractivity contribution in [3.8, 4) is 0 Å². The second kappa shape index (κ2) is 10.1. The van der Waals surface area contributed by atoms with Gasteiger partial charge in [0.25, 0.3) is 11.5 Å². The summed E-state index contributed by atoms with van der Waals surface area (Å²) in [4.78, 5) is 50.5. The maximum Gasteiger partial charge on any atom is 0.275 e. The average Bonchev–Trinajstić information content (AvgIpc) is 3.46. The maximum atomic E-state index is 13.8. The van der Waals surface area contributed by atoms with Crippen molar-refractivity contribution in [3.05, 3.63) is 100.0 Å². The van der Waals surface area contributed by atoms with Crippen molar-refractivity contribution in [1.29, 1.82) is 0 Å². The number of carbonyl (C=O) groups excluding carboxylic acids is 2. The molecule has 0 bridgehead atoms. The highest BCUT2D eigenvalue weighted by Gasteiger charge is 2.57. The predicted molar refractivity (Wildman–Crippen MR) is 137 cm³/mol. The lowest BCUT2D eigenvalue weighted by molar-refractivity contribution is -0.127. The number of aliphatic hydroxyl groups is 1. The fourth-order valence-corrected chi connectivity index (χ4v) is 5.70. The second-order valence-electron chi connectivity index (χ2n) is 9.47. The highest BCUT2D eigenvalue weighted by atomic mass is 16.3. The number of allylic oxidation sites excluding steroid dienone is 1. The zero-order valence-corrected chi connectivity index (χ0v) is 20.7. The Morgan fingerprint density at radius 2 is 1.97 bits per heavy atom. The Balaban J connectivity index is 1.57. The number of benzene rings is 1. The van der Waals surface area contributed by atoms with Gasteiger partial charge in [-0.05, 0) is 31.5 Å². The number of fused-ring (bicyclic) bond motifs is 3. The topological polar surface area (TPSA) is 117 Å². The monoisotopic (exact) mass is 499 g/mol. The van der Waals surface area contributed by atoms with E-state index in [0.29, 0.717) is 17.8 Å². The van der Waals surface area contributed by atoms with Crippen LogP contribution < -0.4 is 10.9 Å². The van der Waals surface area contributed by atoms with E-state index in [1.807, 2.05) is 50.2 Å². The van der Waals surface area contributed by atoms with Gasteiger partial charge in [0.2, 0.25) is 5.91 Å². The number of amides is 2. The molecule has 5 atom stereocenters. The molecule has 9 heteroatoms. The van der Waals surface area contributed by atoms with Gasteiger partial charge in [-0.15, -0.1) is 0 Å². The average molecular weight is 500 g/mol. The van der Waals surface area contributed by atoms with Gasteiger partial charge in [-0.2, -0.15) is 0 Å². The summed E-state index contributed by atoms with van der Waals surface area (Å²) in [5.74, 6) is -1.72. The van der Waals surface area contributed by atoms with E-state index in [9.17, 15) is 19.5 Å². The van der Waals surface area contributed by atoms with Crippen molar-refractivity contribution in [3.63, 3.8) is 0 Å². The van der Waals surface area contributed by atoms with Crippen LogP contribution in [0.5, 0.6) is 0 Å². The molecule has 5 rings (SSSR count). The first-order chi connectivity index (χ1) is 18.0. The summed E-state index contributed by atoms with van der Waals surface area (Å²) in [5.41, 5.74) is 2.05. The van der Waals surface area contributed by atoms with E-state index in [-0.39, 0.29) is 35.7 Å². The van der Waals surface area contributed by atoms with Gasteiger partial charge in [0.15, 0.2) is 0 Å². The van der Waals surface area contributed by atoms with E-state index in [0.717, 1.165) is 5.56 Å². The number of aromatic nitrogens is 3. The van der Waals surface area contributed by atoms with Crippen LogP contribution in [0.15, 0.2) is 71.9 Å². The van der Waals surface area contributed by atoms with E-state index < -0.39 is 23.9 Å². The summed E-state index contributed by atoms with van der Waals surface area (Å²) in [6, 6.07) is 11.3. The molecule has 1 saturated heterocycles. The van der Waals surface area contributed by atoms with Crippen LogP contribution in [-0.4, -0.2) is 49.0 Å². The third-order valence-electron chi connectivity index (χ3n) is 7.40. The first-order valence-electron chi connectivity index (χ1n) is 12.4. The van der Waals surface area contributed by atoms with Crippen LogP contribution in [0.25, 0.3) is 6.08 Å². The number of hydrogen-bond acceptors (Lipinski definition) is 6. The lowest BCUT2D eigenvalue weighted by Crippen LogP contribution is -2.51. The van der Waals surface area contributed by atoms with Gasteiger partial charge in [0, 0.05) is 48.6 Å². The SMILES string of the molecule is CC=Cc1ccc2n(c1=O)C[C@@H]1[C@@H](CO)[C@H](C(=O)N[C@H](C)c3ccccc3)N(C(=O)c3cnccn3)[C@H]21. The van der Waals surface area contributed by atoms with Gasteiger partial charge in [0.1, 0.15) is 11.7 Å². The number of likely N-dealkylation sites (tertiary alicyclic amines) is 1. The van der Waals surface area contributed by atoms with Crippen molar-refractivity contribution < 1.29 is 14.7 Å². The summed E-state index contributed by atoms with van der Waals surface area (Å²) in [6.07, 6.45) is 7.81.